The molecule has 2 aromatic rings. The number of carbonyl (C=O) groups is 4. The quantitative estimate of drug-likeness (QED) is 0.393. The maximum Gasteiger partial charge on any atom is 0.325 e. The summed E-state index contributed by atoms with van der Waals surface area (Å²) in [7, 11) is 4.19. The van der Waals surface area contributed by atoms with E-state index in [-0.39, 0.29) is 17.7 Å². The molecule has 3 amide bonds. The number of amides is 3. The van der Waals surface area contributed by atoms with Crippen LogP contribution in [0.1, 0.15) is 32.3 Å². The molecule has 0 aliphatic carbocycles. The molecular weight excluding hydrogens is 404 g/mol. The first kappa shape index (κ1) is 20.4. The van der Waals surface area contributed by atoms with Gasteiger partial charge in [-0.25, -0.2) is 0 Å². The molecule has 0 aromatic heterocycles. The van der Waals surface area contributed by atoms with Crippen LogP contribution in [0.5, 0.6) is 11.5 Å². The zero-order chi connectivity index (χ0) is 22.3. The maximum atomic E-state index is 13.0. The van der Waals surface area contributed by atoms with E-state index in [0.29, 0.717) is 17.1 Å². The molecule has 0 N–H and O–H groups in total. The number of fused-ring (bicyclic) bond motifs is 1. The van der Waals surface area contributed by atoms with E-state index >= 15 is 0 Å². The molecular formula is C22H20N2O7. The van der Waals surface area contributed by atoms with E-state index in [1.165, 1.54) is 26.2 Å². The standard InChI is InChI=1S/C22H20N2O7/c1-29-15-9-8-12(10-16(15)30-2)18-19(22(28)23(18)11-17(25)31-3)24-20(26)13-6-4-5-7-14(13)21(24)27/h4-10,18-19H,11H2,1-3H3/t18-,19+/m1/s1. The second-order valence-electron chi connectivity index (χ2n) is 7.07. The van der Waals surface area contributed by atoms with Crippen molar-refractivity contribution < 1.29 is 33.4 Å². The highest BCUT2D eigenvalue weighted by Gasteiger charge is 2.57. The molecule has 0 spiro atoms. The lowest BCUT2D eigenvalue weighted by atomic mass is 9.86. The van der Waals surface area contributed by atoms with E-state index in [2.05, 4.69) is 0 Å². The summed E-state index contributed by atoms with van der Waals surface area (Å²) in [6.07, 6.45) is 0. The number of hydrogen-bond acceptors (Lipinski definition) is 7. The molecule has 31 heavy (non-hydrogen) atoms. The van der Waals surface area contributed by atoms with Gasteiger partial charge in [-0.1, -0.05) is 18.2 Å². The van der Waals surface area contributed by atoms with Crippen molar-refractivity contribution in [3.05, 3.63) is 59.2 Å². The van der Waals surface area contributed by atoms with Gasteiger partial charge in [-0.15, -0.1) is 0 Å². The average molecular weight is 424 g/mol. The van der Waals surface area contributed by atoms with Gasteiger partial charge in [0, 0.05) is 0 Å². The number of hydrogen-bond donors (Lipinski definition) is 0. The van der Waals surface area contributed by atoms with Crippen LogP contribution < -0.4 is 9.47 Å². The zero-order valence-electron chi connectivity index (χ0n) is 17.2. The van der Waals surface area contributed by atoms with Gasteiger partial charge in [0.2, 0.25) is 5.91 Å². The average Bonchev–Trinajstić information content (AvgIpc) is 3.05. The van der Waals surface area contributed by atoms with Crippen LogP contribution in [0, 0.1) is 0 Å². The highest BCUT2D eigenvalue weighted by atomic mass is 16.5. The second-order valence-corrected chi connectivity index (χ2v) is 7.07. The molecule has 160 valence electrons. The monoisotopic (exact) mass is 424 g/mol. The summed E-state index contributed by atoms with van der Waals surface area (Å²) in [6.45, 7) is -0.311. The molecule has 0 radical (unpaired) electrons. The molecule has 2 heterocycles. The Morgan fingerprint density at radius 3 is 2.03 bits per heavy atom. The van der Waals surface area contributed by atoms with Crippen LogP contribution in [0.15, 0.2) is 42.5 Å². The molecule has 9 nitrogen and oxygen atoms in total. The molecule has 0 unspecified atom stereocenters. The van der Waals surface area contributed by atoms with Gasteiger partial charge in [0.05, 0.1) is 38.5 Å². The Bertz CT molecular complexity index is 1060. The van der Waals surface area contributed by atoms with E-state index in [9.17, 15) is 19.2 Å². The molecule has 0 bridgehead atoms. The Hall–Kier alpha value is -3.88. The number of β-lactam (4-membered cyclic amide) rings is 1. The molecule has 2 aromatic carbocycles. The van der Waals surface area contributed by atoms with Crippen molar-refractivity contribution in [2.75, 3.05) is 27.9 Å². The Morgan fingerprint density at radius 1 is 0.871 bits per heavy atom. The SMILES string of the molecule is COC(=O)CN1C(=O)[C@@H](N2C(=O)c3ccccc3C2=O)[C@H]1c1ccc(OC)c(OC)c1. The predicted octanol–water partition coefficient (Wildman–Crippen LogP) is 1.42. The van der Waals surface area contributed by atoms with Crippen LogP contribution in [-0.4, -0.2) is 67.4 Å². The van der Waals surface area contributed by atoms with Gasteiger partial charge >= 0.3 is 5.97 Å². The zero-order valence-corrected chi connectivity index (χ0v) is 17.2. The molecule has 9 heteroatoms. The van der Waals surface area contributed by atoms with Crippen LogP contribution in [-0.2, 0) is 14.3 Å². The van der Waals surface area contributed by atoms with Crippen LogP contribution in [0.25, 0.3) is 0 Å². The van der Waals surface area contributed by atoms with Crippen molar-refractivity contribution in [3.63, 3.8) is 0 Å². The van der Waals surface area contributed by atoms with Crippen molar-refractivity contribution in [1.29, 1.82) is 0 Å². The van der Waals surface area contributed by atoms with Gasteiger partial charge in [-0.3, -0.25) is 24.1 Å². The minimum absolute atomic E-state index is 0.248. The third kappa shape index (κ3) is 3.09. The molecule has 2 atom stereocenters. The maximum absolute atomic E-state index is 13.0. The fourth-order valence-corrected chi connectivity index (χ4v) is 4.02. The number of rotatable bonds is 6. The van der Waals surface area contributed by atoms with Gasteiger partial charge in [-0.2, -0.15) is 0 Å². The third-order valence-electron chi connectivity index (χ3n) is 5.55. The van der Waals surface area contributed by atoms with E-state index in [0.717, 1.165) is 4.90 Å². The molecule has 2 aliphatic heterocycles. The summed E-state index contributed by atoms with van der Waals surface area (Å²) in [5, 5.41) is 0. The number of likely N-dealkylation sites (tertiary alicyclic amines) is 1. The van der Waals surface area contributed by atoms with E-state index < -0.39 is 35.8 Å². The largest absolute Gasteiger partial charge is 0.493 e. The van der Waals surface area contributed by atoms with Crippen LogP contribution >= 0.6 is 0 Å². The lowest BCUT2D eigenvalue weighted by molar-refractivity contribution is -0.163. The van der Waals surface area contributed by atoms with Crippen LogP contribution in [0.2, 0.25) is 0 Å². The fraction of sp³-hybridized carbons (Fsp3) is 0.273. The number of esters is 1. The number of imide groups is 1. The summed E-state index contributed by atoms with van der Waals surface area (Å²) in [4.78, 5) is 53.1. The summed E-state index contributed by atoms with van der Waals surface area (Å²) < 4.78 is 15.3. The summed E-state index contributed by atoms with van der Waals surface area (Å²) in [6, 6.07) is 9.61. The van der Waals surface area contributed by atoms with Crippen LogP contribution in [0.4, 0.5) is 0 Å². The smallest absolute Gasteiger partial charge is 0.325 e. The van der Waals surface area contributed by atoms with Gasteiger partial charge in [0.15, 0.2) is 11.5 Å². The minimum atomic E-state index is -1.09. The Labute approximate surface area is 178 Å². The van der Waals surface area contributed by atoms with E-state index in [4.69, 9.17) is 14.2 Å². The summed E-state index contributed by atoms with van der Waals surface area (Å²) in [5.74, 6) is -1.31. The van der Waals surface area contributed by atoms with E-state index in [1.54, 1.807) is 42.5 Å². The predicted molar refractivity (Wildman–Crippen MR) is 107 cm³/mol. The first-order chi connectivity index (χ1) is 14.9. The van der Waals surface area contributed by atoms with Gasteiger partial charge in [-0.05, 0) is 29.8 Å². The van der Waals surface area contributed by atoms with Crippen molar-refractivity contribution in [2.45, 2.75) is 12.1 Å². The minimum Gasteiger partial charge on any atom is -0.493 e. The van der Waals surface area contributed by atoms with E-state index in [1.807, 2.05) is 0 Å². The first-order valence-corrected chi connectivity index (χ1v) is 9.49. The van der Waals surface area contributed by atoms with Crippen molar-refractivity contribution in [1.82, 2.24) is 9.80 Å². The number of methoxy groups -OCH3 is 3. The Kier molecular flexibility index (Phi) is 5.10. The molecule has 0 saturated carbocycles. The Balaban J connectivity index is 1.75. The van der Waals surface area contributed by atoms with Gasteiger partial charge < -0.3 is 19.1 Å². The fourth-order valence-electron chi connectivity index (χ4n) is 4.02. The van der Waals surface area contributed by atoms with Crippen molar-refractivity contribution in [3.8, 4) is 11.5 Å². The highest BCUT2D eigenvalue weighted by Crippen LogP contribution is 2.43. The van der Waals surface area contributed by atoms with Crippen molar-refractivity contribution in [2.24, 2.45) is 0 Å². The molecule has 2 aliphatic rings. The number of ether oxygens (including phenoxy) is 3. The van der Waals surface area contributed by atoms with Gasteiger partial charge in [0.25, 0.3) is 11.8 Å². The molecule has 1 fully saturated rings. The second kappa shape index (κ2) is 7.75. The third-order valence-corrected chi connectivity index (χ3v) is 5.55. The molecule has 1 saturated heterocycles. The topological polar surface area (TPSA) is 102 Å². The number of nitrogens with zero attached hydrogens (tertiary/aromatic N) is 2. The van der Waals surface area contributed by atoms with Crippen LogP contribution in [0.3, 0.4) is 0 Å². The summed E-state index contributed by atoms with van der Waals surface area (Å²) in [5.41, 5.74) is 1.08. The summed E-state index contributed by atoms with van der Waals surface area (Å²) >= 11 is 0. The number of benzene rings is 2. The normalized spacial score (nSPS) is 19.8. The lowest BCUT2D eigenvalue weighted by Gasteiger charge is -2.49. The highest BCUT2D eigenvalue weighted by molar-refractivity contribution is 6.23. The Morgan fingerprint density at radius 2 is 1.48 bits per heavy atom. The van der Waals surface area contributed by atoms with Gasteiger partial charge in [0.1, 0.15) is 12.6 Å². The lowest BCUT2D eigenvalue weighted by Crippen LogP contribution is -2.67. The number of carbonyl (C=O) groups excluding carboxylic acids is 4. The first-order valence-electron chi connectivity index (χ1n) is 9.49. The van der Waals surface area contributed by atoms with Crippen molar-refractivity contribution >= 4 is 23.7 Å². The molecule has 4 rings (SSSR count).